The molecule has 0 bridgehead atoms. The Labute approximate surface area is 157 Å². The van der Waals surface area contributed by atoms with Crippen molar-refractivity contribution >= 4 is 5.82 Å². The first-order valence-corrected chi connectivity index (χ1v) is 10.3. The number of hydrogen-bond acceptors (Lipinski definition) is 5. The van der Waals surface area contributed by atoms with Gasteiger partial charge < -0.3 is 21.1 Å². The molecule has 144 valence electrons. The Bertz CT molecular complexity index is 652. The van der Waals surface area contributed by atoms with Gasteiger partial charge in [0.25, 0.3) is 0 Å². The van der Waals surface area contributed by atoms with Crippen molar-refractivity contribution in [2.24, 2.45) is 16.9 Å². The van der Waals surface area contributed by atoms with Crippen molar-refractivity contribution in [3.8, 4) is 0 Å². The van der Waals surface area contributed by atoms with Gasteiger partial charge in [0.05, 0.1) is 12.2 Å². The van der Waals surface area contributed by atoms with Crippen molar-refractivity contribution in [1.82, 2.24) is 4.98 Å². The number of rotatable bonds is 4. The lowest BCUT2D eigenvalue weighted by molar-refractivity contribution is -0.0595. The van der Waals surface area contributed by atoms with Crippen LogP contribution in [0.1, 0.15) is 64.1 Å². The van der Waals surface area contributed by atoms with Crippen molar-refractivity contribution < 1.29 is 4.74 Å². The predicted molar refractivity (Wildman–Crippen MR) is 105 cm³/mol. The Kier molecular flexibility index (Phi) is 4.53. The van der Waals surface area contributed by atoms with Gasteiger partial charge in [-0.1, -0.05) is 19.4 Å². The molecule has 1 aliphatic heterocycles. The van der Waals surface area contributed by atoms with Gasteiger partial charge in [0.2, 0.25) is 0 Å². The highest BCUT2D eigenvalue weighted by Gasteiger charge is 2.58. The molecule has 2 atom stereocenters. The Balaban J connectivity index is 1.56. The third-order valence-corrected chi connectivity index (χ3v) is 6.50. The van der Waals surface area contributed by atoms with Gasteiger partial charge in [-0.2, -0.15) is 0 Å². The average molecular weight is 359 g/mol. The molecule has 1 aromatic rings. The highest BCUT2D eigenvalue weighted by atomic mass is 16.5. The summed E-state index contributed by atoms with van der Waals surface area (Å²) in [6.07, 6.45) is 6.98. The second-order valence-corrected chi connectivity index (χ2v) is 9.25. The monoisotopic (exact) mass is 358 g/mol. The number of aromatic nitrogens is 1. The minimum Gasteiger partial charge on any atom is -0.372 e. The molecule has 0 aromatic carbocycles. The van der Waals surface area contributed by atoms with Crippen LogP contribution in [0.5, 0.6) is 0 Å². The molecule has 1 aromatic heterocycles. The lowest BCUT2D eigenvalue weighted by Gasteiger charge is -2.62. The van der Waals surface area contributed by atoms with E-state index in [0.717, 1.165) is 57.4 Å². The van der Waals surface area contributed by atoms with E-state index in [0.29, 0.717) is 11.5 Å². The van der Waals surface area contributed by atoms with Gasteiger partial charge in [0.1, 0.15) is 5.82 Å². The molecule has 0 unspecified atom stereocenters. The molecule has 4 rings (SSSR count). The molecule has 3 aliphatic rings. The molecule has 3 fully saturated rings. The maximum absolute atomic E-state index is 6.84. The van der Waals surface area contributed by atoms with E-state index in [1.807, 2.05) is 0 Å². The molecule has 0 radical (unpaired) electrons. The Morgan fingerprint density at radius 2 is 1.85 bits per heavy atom. The molecule has 2 saturated carbocycles. The number of morpholine rings is 1. The van der Waals surface area contributed by atoms with Crippen molar-refractivity contribution in [2.45, 2.75) is 83.1 Å². The van der Waals surface area contributed by atoms with Crippen LogP contribution in [0.4, 0.5) is 5.82 Å². The molecule has 5 heteroatoms. The number of hydrogen-bond donors (Lipinski definition) is 2. The summed E-state index contributed by atoms with van der Waals surface area (Å²) in [5.41, 5.74) is 15.5. The molecule has 1 spiro atoms. The molecular weight excluding hydrogens is 324 g/mol. The molecule has 1 saturated heterocycles. The van der Waals surface area contributed by atoms with Crippen molar-refractivity contribution in [3.63, 3.8) is 0 Å². The molecule has 2 aliphatic carbocycles. The molecule has 4 N–H and O–H groups in total. The normalized spacial score (nSPS) is 39.6. The van der Waals surface area contributed by atoms with E-state index in [-0.39, 0.29) is 17.7 Å². The summed E-state index contributed by atoms with van der Waals surface area (Å²) in [6.45, 7) is 8.29. The van der Waals surface area contributed by atoms with Crippen LogP contribution in [0.2, 0.25) is 0 Å². The largest absolute Gasteiger partial charge is 0.372 e. The van der Waals surface area contributed by atoms with E-state index in [1.54, 1.807) is 0 Å². The zero-order chi connectivity index (χ0) is 18.5. The fourth-order valence-electron chi connectivity index (χ4n) is 5.73. The quantitative estimate of drug-likeness (QED) is 0.865. The van der Waals surface area contributed by atoms with Gasteiger partial charge in [-0.15, -0.1) is 0 Å². The smallest absolute Gasteiger partial charge is 0.128 e. The number of aryl methyl sites for hydroxylation is 1. The minimum absolute atomic E-state index is 0.207. The van der Waals surface area contributed by atoms with Gasteiger partial charge in [0.15, 0.2) is 0 Å². The first-order chi connectivity index (χ1) is 12.3. The summed E-state index contributed by atoms with van der Waals surface area (Å²) in [4.78, 5) is 7.43. The fourth-order valence-corrected chi connectivity index (χ4v) is 5.73. The number of pyridine rings is 1. The third-order valence-electron chi connectivity index (χ3n) is 6.50. The van der Waals surface area contributed by atoms with E-state index in [1.165, 1.54) is 11.3 Å². The minimum atomic E-state index is -0.207. The van der Waals surface area contributed by atoms with E-state index >= 15 is 0 Å². The standard InChI is InChI=1S/C21H34N4O/c1-4-5-18-17(21(23)12-20(13-21)8-16(22)9-20)6-7-19(24-18)25-10-14(2)26-15(3)11-25/h6-7,14-16H,4-5,8-13,22-23H2,1-3H3/t14-,15+,16?,20?,21?. The molecule has 2 heterocycles. The van der Waals surface area contributed by atoms with Gasteiger partial charge in [-0.3, -0.25) is 0 Å². The van der Waals surface area contributed by atoms with Gasteiger partial charge in [-0.05, 0) is 63.0 Å². The lowest BCUT2D eigenvalue weighted by atomic mass is 9.46. The van der Waals surface area contributed by atoms with Crippen LogP contribution in [-0.4, -0.2) is 36.3 Å². The number of anilines is 1. The van der Waals surface area contributed by atoms with Crippen LogP contribution in [0.15, 0.2) is 12.1 Å². The van der Waals surface area contributed by atoms with Crippen LogP contribution in [0, 0.1) is 5.41 Å². The van der Waals surface area contributed by atoms with Gasteiger partial charge in [-0.25, -0.2) is 4.98 Å². The van der Waals surface area contributed by atoms with Gasteiger partial charge in [0, 0.05) is 30.4 Å². The Morgan fingerprint density at radius 1 is 1.19 bits per heavy atom. The maximum Gasteiger partial charge on any atom is 0.128 e. The average Bonchev–Trinajstić information content (AvgIpc) is 2.51. The molecule has 0 amide bonds. The van der Waals surface area contributed by atoms with Crippen LogP contribution in [-0.2, 0) is 16.7 Å². The van der Waals surface area contributed by atoms with Crippen LogP contribution >= 0.6 is 0 Å². The zero-order valence-corrected chi connectivity index (χ0v) is 16.5. The zero-order valence-electron chi connectivity index (χ0n) is 16.5. The summed E-state index contributed by atoms with van der Waals surface area (Å²) < 4.78 is 5.87. The summed E-state index contributed by atoms with van der Waals surface area (Å²) in [5.74, 6) is 1.07. The first kappa shape index (κ1) is 18.2. The summed E-state index contributed by atoms with van der Waals surface area (Å²) in [5, 5.41) is 0. The van der Waals surface area contributed by atoms with Crippen LogP contribution in [0.25, 0.3) is 0 Å². The fraction of sp³-hybridized carbons (Fsp3) is 0.762. The van der Waals surface area contributed by atoms with E-state index in [4.69, 9.17) is 21.2 Å². The number of nitrogens with two attached hydrogens (primary N) is 2. The van der Waals surface area contributed by atoms with E-state index < -0.39 is 0 Å². The summed E-state index contributed by atoms with van der Waals surface area (Å²) >= 11 is 0. The molecular formula is C21H34N4O. The lowest BCUT2D eigenvalue weighted by Crippen LogP contribution is -2.63. The number of ether oxygens (including phenoxy) is 1. The van der Waals surface area contributed by atoms with Crippen molar-refractivity contribution in [2.75, 3.05) is 18.0 Å². The summed E-state index contributed by atoms with van der Waals surface area (Å²) in [6, 6.07) is 4.81. The summed E-state index contributed by atoms with van der Waals surface area (Å²) in [7, 11) is 0. The highest BCUT2D eigenvalue weighted by Crippen LogP contribution is 2.62. The van der Waals surface area contributed by atoms with Gasteiger partial charge >= 0.3 is 0 Å². The second-order valence-electron chi connectivity index (χ2n) is 9.25. The predicted octanol–water partition coefficient (Wildman–Crippen LogP) is 2.70. The Hall–Kier alpha value is -1.17. The van der Waals surface area contributed by atoms with Crippen LogP contribution < -0.4 is 16.4 Å². The number of nitrogens with zero attached hydrogens (tertiary/aromatic N) is 2. The second kappa shape index (κ2) is 6.47. The van der Waals surface area contributed by atoms with Crippen LogP contribution in [0.3, 0.4) is 0 Å². The van der Waals surface area contributed by atoms with E-state index in [2.05, 4.69) is 37.8 Å². The molecule has 5 nitrogen and oxygen atoms in total. The van der Waals surface area contributed by atoms with E-state index in [9.17, 15) is 0 Å². The molecule has 26 heavy (non-hydrogen) atoms. The SMILES string of the molecule is CCCc1nc(N2C[C@@H](C)O[C@@H](C)C2)ccc1C1(N)CC2(CC(N)C2)C1. The topological polar surface area (TPSA) is 77.4 Å². The maximum atomic E-state index is 6.84. The third kappa shape index (κ3) is 3.14. The first-order valence-electron chi connectivity index (χ1n) is 10.3. The Morgan fingerprint density at radius 3 is 2.42 bits per heavy atom. The highest BCUT2D eigenvalue weighted by molar-refractivity contribution is 5.46. The van der Waals surface area contributed by atoms with Crippen molar-refractivity contribution in [3.05, 3.63) is 23.4 Å². The van der Waals surface area contributed by atoms with Crippen molar-refractivity contribution in [1.29, 1.82) is 0 Å².